The van der Waals surface area contributed by atoms with Crippen molar-refractivity contribution >= 4 is 17.4 Å². The van der Waals surface area contributed by atoms with Gasteiger partial charge in [-0.05, 0) is 69.2 Å². The zero-order chi connectivity index (χ0) is 26.1. The second-order valence-electron chi connectivity index (χ2n) is 8.75. The maximum Gasteiger partial charge on any atom is 0.295 e. The van der Waals surface area contributed by atoms with Crippen molar-refractivity contribution in [3.63, 3.8) is 0 Å². The largest absolute Gasteiger partial charge is 0.507 e. The molecule has 0 bridgehead atoms. The third-order valence-corrected chi connectivity index (χ3v) is 6.39. The van der Waals surface area contributed by atoms with Gasteiger partial charge in [0.25, 0.3) is 11.7 Å². The number of carbonyl (C=O) groups excluding carboxylic acids is 2. The number of nitrogens with zero attached hydrogens (tertiary/aromatic N) is 2. The van der Waals surface area contributed by atoms with Crippen molar-refractivity contribution in [1.29, 1.82) is 0 Å². The lowest BCUT2D eigenvalue weighted by Gasteiger charge is -2.27. The Morgan fingerprint density at radius 3 is 2.33 bits per heavy atom. The zero-order valence-corrected chi connectivity index (χ0v) is 21.8. The van der Waals surface area contributed by atoms with Gasteiger partial charge in [-0.25, -0.2) is 0 Å². The molecule has 1 atom stereocenters. The first-order valence-electron chi connectivity index (χ1n) is 12.9. The Kier molecular flexibility index (Phi) is 9.94. The third kappa shape index (κ3) is 6.26. The SMILES string of the molecule is CCCOc1cccc(C(O)=C2C(=O)C(=O)N(CCCN(CC)CC)C2c2ccc(OCC)cc2)c1. The molecule has 1 saturated heterocycles. The van der Waals surface area contributed by atoms with Crippen molar-refractivity contribution in [3.8, 4) is 11.5 Å². The number of carbonyl (C=O) groups is 2. The number of rotatable bonds is 13. The molecule has 1 unspecified atom stereocenters. The van der Waals surface area contributed by atoms with Crippen LogP contribution in [0.5, 0.6) is 11.5 Å². The van der Waals surface area contributed by atoms with E-state index < -0.39 is 17.7 Å². The van der Waals surface area contributed by atoms with Crippen LogP contribution in [0.4, 0.5) is 0 Å². The number of hydrogen-bond acceptors (Lipinski definition) is 6. The van der Waals surface area contributed by atoms with E-state index in [1.54, 1.807) is 23.1 Å². The van der Waals surface area contributed by atoms with Gasteiger partial charge in [-0.2, -0.15) is 0 Å². The van der Waals surface area contributed by atoms with E-state index in [9.17, 15) is 14.7 Å². The Bertz CT molecular complexity index is 1060. The van der Waals surface area contributed by atoms with Crippen molar-refractivity contribution < 1.29 is 24.2 Å². The zero-order valence-electron chi connectivity index (χ0n) is 21.8. The highest BCUT2D eigenvalue weighted by Gasteiger charge is 2.45. The molecular weight excluding hydrogens is 456 g/mol. The molecule has 1 aliphatic rings. The molecule has 0 spiro atoms. The Balaban J connectivity index is 2.01. The lowest BCUT2D eigenvalue weighted by atomic mass is 9.95. The van der Waals surface area contributed by atoms with Gasteiger partial charge >= 0.3 is 0 Å². The monoisotopic (exact) mass is 494 g/mol. The van der Waals surface area contributed by atoms with Gasteiger partial charge in [0.2, 0.25) is 0 Å². The first-order valence-corrected chi connectivity index (χ1v) is 12.9. The first-order chi connectivity index (χ1) is 17.4. The summed E-state index contributed by atoms with van der Waals surface area (Å²) in [5, 5.41) is 11.3. The predicted octanol–water partition coefficient (Wildman–Crippen LogP) is 5.03. The fourth-order valence-electron chi connectivity index (χ4n) is 4.48. The lowest BCUT2D eigenvalue weighted by Crippen LogP contribution is -2.33. The van der Waals surface area contributed by atoms with Crippen molar-refractivity contribution in [3.05, 3.63) is 65.2 Å². The van der Waals surface area contributed by atoms with Crippen LogP contribution in [0.15, 0.2) is 54.1 Å². The van der Waals surface area contributed by atoms with Gasteiger partial charge < -0.3 is 24.4 Å². The van der Waals surface area contributed by atoms with Gasteiger partial charge in [0.15, 0.2) is 0 Å². The molecule has 0 radical (unpaired) electrons. The van der Waals surface area contributed by atoms with Crippen LogP contribution in [-0.2, 0) is 9.59 Å². The van der Waals surface area contributed by atoms with Crippen LogP contribution in [0.1, 0.15) is 57.7 Å². The Morgan fingerprint density at radius 2 is 1.69 bits per heavy atom. The number of benzene rings is 2. The molecule has 0 aromatic heterocycles. The smallest absolute Gasteiger partial charge is 0.295 e. The number of likely N-dealkylation sites (tertiary alicyclic amines) is 1. The number of ether oxygens (including phenoxy) is 2. The number of aliphatic hydroxyl groups is 1. The Morgan fingerprint density at radius 1 is 0.972 bits per heavy atom. The maximum absolute atomic E-state index is 13.3. The molecule has 0 aliphatic carbocycles. The molecule has 1 amide bonds. The van der Waals surface area contributed by atoms with Crippen molar-refractivity contribution in [2.24, 2.45) is 0 Å². The van der Waals surface area contributed by atoms with Crippen molar-refractivity contribution in [2.45, 2.75) is 46.6 Å². The van der Waals surface area contributed by atoms with Gasteiger partial charge in [-0.1, -0.05) is 45.0 Å². The van der Waals surface area contributed by atoms with Gasteiger partial charge in [-0.15, -0.1) is 0 Å². The van der Waals surface area contributed by atoms with E-state index in [0.29, 0.717) is 36.8 Å². The highest BCUT2D eigenvalue weighted by atomic mass is 16.5. The third-order valence-electron chi connectivity index (χ3n) is 6.39. The van der Waals surface area contributed by atoms with Crippen molar-refractivity contribution in [1.82, 2.24) is 9.80 Å². The van der Waals surface area contributed by atoms with Crippen LogP contribution in [0.25, 0.3) is 5.76 Å². The molecule has 7 heteroatoms. The molecule has 7 nitrogen and oxygen atoms in total. The van der Waals surface area contributed by atoms with Gasteiger partial charge in [0.1, 0.15) is 17.3 Å². The minimum Gasteiger partial charge on any atom is -0.507 e. The summed E-state index contributed by atoms with van der Waals surface area (Å²) in [5.74, 6) is -0.143. The summed E-state index contributed by atoms with van der Waals surface area (Å²) in [6.07, 6.45) is 1.58. The van der Waals surface area contributed by atoms with E-state index in [2.05, 4.69) is 18.7 Å². The quantitative estimate of drug-likeness (QED) is 0.239. The molecule has 36 heavy (non-hydrogen) atoms. The van der Waals surface area contributed by atoms with Gasteiger partial charge in [-0.3, -0.25) is 9.59 Å². The Labute approximate surface area is 214 Å². The van der Waals surface area contributed by atoms with E-state index in [0.717, 1.165) is 38.0 Å². The summed E-state index contributed by atoms with van der Waals surface area (Å²) in [4.78, 5) is 30.3. The summed E-state index contributed by atoms with van der Waals surface area (Å²) in [6.45, 7) is 12.3. The van der Waals surface area contributed by atoms with Crippen LogP contribution >= 0.6 is 0 Å². The fourth-order valence-corrected chi connectivity index (χ4v) is 4.48. The van der Waals surface area contributed by atoms with E-state index >= 15 is 0 Å². The molecule has 0 saturated carbocycles. The predicted molar refractivity (Wildman–Crippen MR) is 141 cm³/mol. The number of hydrogen-bond donors (Lipinski definition) is 1. The summed E-state index contributed by atoms with van der Waals surface area (Å²) < 4.78 is 11.3. The molecule has 1 fully saturated rings. The summed E-state index contributed by atoms with van der Waals surface area (Å²) in [7, 11) is 0. The van der Waals surface area contributed by atoms with Gasteiger partial charge in [0.05, 0.1) is 24.8 Å². The standard InChI is InChI=1S/C29H38N2O5/c1-5-19-36-24-12-9-11-22(20-24)27(32)25-26(21-13-15-23(16-14-21)35-8-4)31(29(34)28(25)33)18-10-17-30(6-2)7-3/h9,11-16,20,26,32H,5-8,10,17-19H2,1-4H3. The second kappa shape index (κ2) is 13.1. The number of Topliss-reactive ketones (excluding diaryl/α,β-unsaturated/α-hetero) is 1. The van der Waals surface area contributed by atoms with E-state index in [4.69, 9.17) is 9.47 Å². The van der Waals surface area contributed by atoms with Crippen LogP contribution in [0, 0.1) is 0 Å². The first kappa shape index (κ1) is 27.3. The number of aliphatic hydroxyl groups excluding tert-OH is 1. The minimum absolute atomic E-state index is 0.0969. The highest BCUT2D eigenvalue weighted by Crippen LogP contribution is 2.40. The molecule has 1 aliphatic heterocycles. The second-order valence-corrected chi connectivity index (χ2v) is 8.75. The van der Waals surface area contributed by atoms with Crippen LogP contribution < -0.4 is 9.47 Å². The fraction of sp³-hybridized carbons (Fsp3) is 0.448. The highest BCUT2D eigenvalue weighted by molar-refractivity contribution is 6.46. The average molecular weight is 495 g/mol. The minimum atomic E-state index is -0.683. The van der Waals surface area contributed by atoms with E-state index in [1.165, 1.54) is 0 Å². The molecule has 3 rings (SSSR count). The normalized spacial score (nSPS) is 17.1. The topological polar surface area (TPSA) is 79.3 Å². The molecule has 1 heterocycles. The summed E-state index contributed by atoms with van der Waals surface area (Å²) >= 11 is 0. The lowest BCUT2D eigenvalue weighted by molar-refractivity contribution is -0.140. The Hall–Kier alpha value is -3.32. The molecule has 2 aromatic rings. The van der Waals surface area contributed by atoms with Crippen LogP contribution in [-0.4, -0.2) is 66.0 Å². The average Bonchev–Trinajstić information content (AvgIpc) is 3.15. The summed E-state index contributed by atoms with van der Waals surface area (Å²) in [5.41, 5.74) is 1.29. The number of amides is 1. The summed E-state index contributed by atoms with van der Waals surface area (Å²) in [6, 6.07) is 13.7. The van der Waals surface area contributed by atoms with Crippen LogP contribution in [0.3, 0.4) is 0 Å². The van der Waals surface area contributed by atoms with Crippen LogP contribution in [0.2, 0.25) is 0 Å². The molecule has 1 N–H and O–H groups in total. The van der Waals surface area contributed by atoms with Crippen molar-refractivity contribution in [2.75, 3.05) is 39.4 Å². The molecular formula is C29H38N2O5. The maximum atomic E-state index is 13.3. The number of ketones is 1. The molecule has 2 aromatic carbocycles. The van der Waals surface area contributed by atoms with E-state index in [1.807, 2.05) is 44.2 Å². The van der Waals surface area contributed by atoms with Gasteiger partial charge in [0, 0.05) is 12.1 Å². The van der Waals surface area contributed by atoms with E-state index in [-0.39, 0.29) is 11.3 Å². The molecule has 194 valence electrons.